The number of hydrogen-bond donors (Lipinski definition) is 1. The molecule has 0 bridgehead atoms. The van der Waals surface area contributed by atoms with E-state index in [4.69, 9.17) is 14.7 Å². The molecule has 1 aliphatic heterocycles. The van der Waals surface area contributed by atoms with Crippen LogP contribution in [0.25, 0.3) is 22.3 Å². The van der Waals surface area contributed by atoms with Gasteiger partial charge in [0.1, 0.15) is 29.9 Å². The number of hydrogen-bond acceptors (Lipinski definition) is 6. The van der Waals surface area contributed by atoms with Crippen molar-refractivity contribution in [2.24, 2.45) is 5.92 Å². The molecule has 45 heavy (non-hydrogen) atoms. The summed E-state index contributed by atoms with van der Waals surface area (Å²) in [6, 6.07) is 14.0. The Hall–Kier alpha value is -5.28. The molecule has 6 rings (SSSR count). The van der Waals surface area contributed by atoms with Crippen LogP contribution in [0, 0.1) is 40.5 Å². The van der Waals surface area contributed by atoms with Crippen molar-refractivity contribution < 1.29 is 36.9 Å². The highest BCUT2D eigenvalue weighted by Gasteiger charge is 2.30. The minimum atomic E-state index is -1.10. The van der Waals surface area contributed by atoms with Gasteiger partial charge in [-0.15, -0.1) is 0 Å². The van der Waals surface area contributed by atoms with E-state index in [1.165, 1.54) is 30.3 Å². The van der Waals surface area contributed by atoms with Crippen LogP contribution in [0.5, 0.6) is 5.88 Å². The van der Waals surface area contributed by atoms with Crippen molar-refractivity contribution in [2.45, 2.75) is 26.0 Å². The Balaban J connectivity index is 1.31. The molecular formula is C33H24F4N4O4. The summed E-state index contributed by atoms with van der Waals surface area (Å²) < 4.78 is 72.6. The van der Waals surface area contributed by atoms with Crippen molar-refractivity contribution in [2.75, 3.05) is 13.2 Å². The first-order valence-electron chi connectivity index (χ1n) is 13.9. The number of halogens is 4. The molecule has 0 unspecified atom stereocenters. The Bertz CT molecular complexity index is 2010. The second-order valence-corrected chi connectivity index (χ2v) is 10.8. The van der Waals surface area contributed by atoms with Gasteiger partial charge in [-0.2, -0.15) is 5.26 Å². The first-order chi connectivity index (χ1) is 21.6. The lowest BCUT2D eigenvalue weighted by Crippen LogP contribution is -2.18. The molecule has 1 fully saturated rings. The van der Waals surface area contributed by atoms with Crippen LogP contribution in [0.4, 0.5) is 17.6 Å². The molecule has 2 aromatic heterocycles. The van der Waals surface area contributed by atoms with Crippen LogP contribution >= 0.6 is 0 Å². The van der Waals surface area contributed by atoms with E-state index in [9.17, 15) is 18.7 Å². The molecule has 0 spiro atoms. The fourth-order valence-corrected chi connectivity index (χ4v) is 5.39. The molecule has 8 nitrogen and oxygen atoms in total. The fourth-order valence-electron chi connectivity index (χ4n) is 5.39. The number of aromatic nitrogens is 3. The number of carbonyl (C=O) groups is 1. The van der Waals surface area contributed by atoms with Crippen LogP contribution in [-0.2, 0) is 17.8 Å². The van der Waals surface area contributed by atoms with E-state index in [1.54, 1.807) is 6.07 Å². The summed E-state index contributed by atoms with van der Waals surface area (Å²) in [5.41, 5.74) is 0.918. The summed E-state index contributed by atoms with van der Waals surface area (Å²) in [6.45, 7) is 2.41. The van der Waals surface area contributed by atoms with Crippen LogP contribution in [-0.4, -0.2) is 38.8 Å². The van der Waals surface area contributed by atoms with Gasteiger partial charge in [-0.05, 0) is 60.2 Å². The zero-order valence-electron chi connectivity index (χ0n) is 23.7. The van der Waals surface area contributed by atoms with Gasteiger partial charge in [-0.25, -0.2) is 32.3 Å². The van der Waals surface area contributed by atoms with E-state index >= 15 is 8.78 Å². The first-order valence-corrected chi connectivity index (χ1v) is 13.9. The number of imidazole rings is 1. The molecule has 0 amide bonds. The molecular weight excluding hydrogens is 592 g/mol. The maximum atomic E-state index is 15.6. The van der Waals surface area contributed by atoms with Crippen molar-refractivity contribution >= 4 is 17.0 Å². The minimum absolute atomic E-state index is 0.00675. The highest BCUT2D eigenvalue weighted by Crippen LogP contribution is 2.34. The average molecular weight is 617 g/mol. The van der Waals surface area contributed by atoms with Crippen LogP contribution in [0.1, 0.15) is 45.8 Å². The summed E-state index contributed by atoms with van der Waals surface area (Å²) >= 11 is 0. The monoisotopic (exact) mass is 616 g/mol. The van der Waals surface area contributed by atoms with Gasteiger partial charge in [-0.3, -0.25) is 0 Å². The maximum Gasteiger partial charge on any atom is 0.335 e. The number of ether oxygens (including phenoxy) is 2. The SMILES string of the molecule is C[C@H]1COC[C@H]1n1c(Cc2cc(F)c(-c3ccc(F)c(OCc4ccc(C#N)cc4F)n3)cc2F)nc2ccc(C(=O)O)cc21. The molecule has 12 heteroatoms. The second kappa shape index (κ2) is 12.0. The van der Waals surface area contributed by atoms with Crippen LogP contribution in [0.15, 0.2) is 60.7 Å². The predicted octanol–water partition coefficient (Wildman–Crippen LogP) is 6.60. The van der Waals surface area contributed by atoms with Crippen molar-refractivity contribution in [3.63, 3.8) is 0 Å². The normalized spacial score (nSPS) is 16.2. The van der Waals surface area contributed by atoms with Gasteiger partial charge in [0.2, 0.25) is 0 Å². The highest BCUT2D eigenvalue weighted by atomic mass is 19.1. The summed E-state index contributed by atoms with van der Waals surface area (Å²) in [4.78, 5) is 20.3. The van der Waals surface area contributed by atoms with Gasteiger partial charge in [0.25, 0.3) is 5.88 Å². The van der Waals surface area contributed by atoms with E-state index in [0.717, 1.165) is 24.3 Å². The van der Waals surface area contributed by atoms with Crippen LogP contribution < -0.4 is 4.74 Å². The second-order valence-electron chi connectivity index (χ2n) is 10.8. The number of benzene rings is 3. The van der Waals surface area contributed by atoms with Gasteiger partial charge in [0, 0.05) is 23.5 Å². The summed E-state index contributed by atoms with van der Waals surface area (Å²) in [5.74, 6) is -4.37. The smallest absolute Gasteiger partial charge is 0.335 e. The molecule has 2 atom stereocenters. The molecule has 1 saturated heterocycles. The minimum Gasteiger partial charge on any atom is -0.478 e. The molecule has 0 aliphatic carbocycles. The van der Waals surface area contributed by atoms with E-state index in [2.05, 4.69) is 9.97 Å². The number of aromatic carboxylic acids is 1. The van der Waals surface area contributed by atoms with Gasteiger partial charge in [-0.1, -0.05) is 13.0 Å². The zero-order chi connectivity index (χ0) is 31.8. The molecule has 3 heterocycles. The van der Waals surface area contributed by atoms with Crippen molar-refractivity contribution in [3.05, 3.63) is 112 Å². The standard InChI is InChI=1S/C33H24F4N4O4/c1-17-14-44-16-30(17)41-29-10-19(33(42)43)4-6-28(29)39-31(41)11-21-9-26(37)22(12-25(21)36)27-7-5-23(34)32(40-27)45-15-20-3-2-18(13-38)8-24(20)35/h2-10,12,17,30H,11,14-16H2,1H3,(H,42,43)/t17-,30+/m0/s1. The Morgan fingerprint density at radius 2 is 1.78 bits per heavy atom. The van der Waals surface area contributed by atoms with E-state index < -0.39 is 41.7 Å². The lowest BCUT2D eigenvalue weighted by molar-refractivity contribution is 0.0697. The molecule has 0 saturated carbocycles. The number of nitriles is 1. The van der Waals surface area contributed by atoms with Gasteiger partial charge < -0.3 is 19.1 Å². The van der Waals surface area contributed by atoms with E-state index in [0.29, 0.717) is 30.1 Å². The third-order valence-corrected chi connectivity index (χ3v) is 7.79. The van der Waals surface area contributed by atoms with Crippen molar-refractivity contribution in [1.82, 2.24) is 14.5 Å². The Labute approximate surface area is 254 Å². The van der Waals surface area contributed by atoms with Crippen molar-refractivity contribution in [3.8, 4) is 23.2 Å². The zero-order valence-corrected chi connectivity index (χ0v) is 23.7. The van der Waals surface area contributed by atoms with Crippen LogP contribution in [0.2, 0.25) is 0 Å². The Morgan fingerprint density at radius 1 is 0.978 bits per heavy atom. The maximum absolute atomic E-state index is 15.6. The Kier molecular flexibility index (Phi) is 7.95. The number of pyridine rings is 1. The van der Waals surface area contributed by atoms with E-state index in [1.807, 2.05) is 17.6 Å². The molecule has 1 aliphatic rings. The molecule has 0 radical (unpaired) electrons. The first kappa shape index (κ1) is 29.8. The number of rotatable bonds is 8. The fraction of sp³-hybridized carbons (Fsp3) is 0.212. The molecule has 1 N–H and O–H groups in total. The summed E-state index contributed by atoms with van der Waals surface area (Å²) in [5, 5.41) is 18.4. The van der Waals surface area contributed by atoms with Gasteiger partial charge >= 0.3 is 5.97 Å². The molecule has 3 aromatic carbocycles. The number of fused-ring (bicyclic) bond motifs is 1. The average Bonchev–Trinajstić information content (AvgIpc) is 3.60. The third-order valence-electron chi connectivity index (χ3n) is 7.79. The quantitative estimate of drug-likeness (QED) is 0.196. The molecule has 228 valence electrons. The summed E-state index contributed by atoms with van der Waals surface area (Å²) in [6.07, 6.45) is -0.106. The predicted molar refractivity (Wildman–Crippen MR) is 154 cm³/mol. The lowest BCUT2D eigenvalue weighted by atomic mass is 10.0. The number of carboxylic acid groups (broad SMARTS) is 1. The summed E-state index contributed by atoms with van der Waals surface area (Å²) in [7, 11) is 0. The number of nitrogens with zero attached hydrogens (tertiary/aromatic N) is 4. The molecule has 5 aromatic rings. The third kappa shape index (κ3) is 5.82. The van der Waals surface area contributed by atoms with Gasteiger partial charge in [0.15, 0.2) is 5.82 Å². The number of carboxylic acids is 1. The van der Waals surface area contributed by atoms with Crippen LogP contribution in [0.3, 0.4) is 0 Å². The Morgan fingerprint density at radius 3 is 2.49 bits per heavy atom. The van der Waals surface area contributed by atoms with Crippen molar-refractivity contribution in [1.29, 1.82) is 5.26 Å². The van der Waals surface area contributed by atoms with Gasteiger partial charge in [0.05, 0.1) is 53.2 Å². The van der Waals surface area contributed by atoms with E-state index in [-0.39, 0.29) is 51.9 Å². The lowest BCUT2D eigenvalue weighted by Gasteiger charge is -2.20. The topological polar surface area (TPSA) is 110 Å². The largest absolute Gasteiger partial charge is 0.478 e. The highest BCUT2D eigenvalue weighted by molar-refractivity contribution is 5.92.